The molecule has 0 amide bonds. The van der Waals surface area contributed by atoms with Gasteiger partial charge in [-0.05, 0) is 39.5 Å². The van der Waals surface area contributed by atoms with Crippen molar-refractivity contribution in [3.63, 3.8) is 0 Å². The number of hydrogen-bond acceptors (Lipinski definition) is 4. The number of piperidine rings is 1. The van der Waals surface area contributed by atoms with Gasteiger partial charge in [0, 0.05) is 50.0 Å². The van der Waals surface area contributed by atoms with Crippen molar-refractivity contribution in [3.8, 4) is 0 Å². The third-order valence-corrected chi connectivity index (χ3v) is 5.92. The van der Waals surface area contributed by atoms with E-state index < -0.39 is 0 Å². The van der Waals surface area contributed by atoms with Crippen LogP contribution in [0, 0.1) is 13.8 Å². The molecule has 2 heterocycles. The zero-order valence-electron chi connectivity index (χ0n) is 14.9. The number of rotatable bonds is 4. The fourth-order valence-corrected chi connectivity index (χ4v) is 4.27. The minimum Gasteiger partial charge on any atom is -0.391 e. The Morgan fingerprint density at radius 2 is 1.83 bits per heavy atom. The fraction of sp³-hybridized carbons (Fsp3) is 0.833. The molecule has 2 unspecified atom stereocenters. The highest BCUT2D eigenvalue weighted by Gasteiger charge is 2.31. The Kier molecular flexibility index (Phi) is 5.39. The molecule has 130 valence electrons. The summed E-state index contributed by atoms with van der Waals surface area (Å²) in [6.45, 7) is 7.39. The Morgan fingerprint density at radius 1 is 1.13 bits per heavy atom. The zero-order chi connectivity index (χ0) is 16.4. The molecule has 0 bridgehead atoms. The SMILES string of the molecule is Cc1nn(C)c(C)c1CNC1CCN(C2CCCCC2O)CC1. The summed E-state index contributed by atoms with van der Waals surface area (Å²) in [7, 11) is 2.01. The number of aliphatic hydroxyl groups is 1. The van der Waals surface area contributed by atoms with Crippen LogP contribution >= 0.6 is 0 Å². The molecule has 2 N–H and O–H groups in total. The minimum atomic E-state index is -0.103. The van der Waals surface area contributed by atoms with Gasteiger partial charge in [0.05, 0.1) is 11.8 Å². The lowest BCUT2D eigenvalue weighted by atomic mass is 9.89. The molecule has 1 saturated heterocycles. The van der Waals surface area contributed by atoms with Crippen molar-refractivity contribution >= 4 is 0 Å². The van der Waals surface area contributed by atoms with Crippen LogP contribution in [0.15, 0.2) is 0 Å². The van der Waals surface area contributed by atoms with Crippen molar-refractivity contribution in [2.24, 2.45) is 7.05 Å². The monoisotopic (exact) mass is 320 g/mol. The predicted octanol–water partition coefficient (Wildman–Crippen LogP) is 1.89. The van der Waals surface area contributed by atoms with Gasteiger partial charge >= 0.3 is 0 Å². The molecule has 0 aromatic carbocycles. The van der Waals surface area contributed by atoms with Crippen molar-refractivity contribution in [2.75, 3.05) is 13.1 Å². The molecule has 1 aliphatic heterocycles. The van der Waals surface area contributed by atoms with Gasteiger partial charge in [-0.2, -0.15) is 5.10 Å². The van der Waals surface area contributed by atoms with Crippen LogP contribution in [0.3, 0.4) is 0 Å². The lowest BCUT2D eigenvalue weighted by Crippen LogP contribution is -2.51. The molecule has 5 nitrogen and oxygen atoms in total. The Morgan fingerprint density at radius 3 is 2.43 bits per heavy atom. The number of nitrogens with zero attached hydrogens (tertiary/aromatic N) is 3. The van der Waals surface area contributed by atoms with E-state index in [-0.39, 0.29) is 6.10 Å². The largest absolute Gasteiger partial charge is 0.391 e. The summed E-state index contributed by atoms with van der Waals surface area (Å²) >= 11 is 0. The van der Waals surface area contributed by atoms with Gasteiger partial charge < -0.3 is 10.4 Å². The Balaban J connectivity index is 1.47. The van der Waals surface area contributed by atoms with E-state index in [1.165, 1.54) is 43.4 Å². The lowest BCUT2D eigenvalue weighted by Gasteiger charge is -2.41. The van der Waals surface area contributed by atoms with E-state index in [4.69, 9.17) is 0 Å². The second-order valence-corrected chi connectivity index (χ2v) is 7.38. The van der Waals surface area contributed by atoms with Gasteiger partial charge in [-0.25, -0.2) is 0 Å². The summed E-state index contributed by atoms with van der Waals surface area (Å²) in [5.41, 5.74) is 3.75. The number of aromatic nitrogens is 2. The van der Waals surface area contributed by atoms with Gasteiger partial charge in [0.25, 0.3) is 0 Å². The highest BCUT2D eigenvalue weighted by atomic mass is 16.3. The zero-order valence-corrected chi connectivity index (χ0v) is 14.9. The van der Waals surface area contributed by atoms with Crippen molar-refractivity contribution in [1.29, 1.82) is 0 Å². The first kappa shape index (κ1) is 16.9. The molecule has 1 aromatic heterocycles. The maximum Gasteiger partial charge on any atom is 0.0695 e. The first-order chi connectivity index (χ1) is 11.1. The van der Waals surface area contributed by atoms with Gasteiger partial charge in [0.2, 0.25) is 0 Å². The van der Waals surface area contributed by atoms with Crippen molar-refractivity contribution in [3.05, 3.63) is 17.0 Å². The molecular weight excluding hydrogens is 288 g/mol. The van der Waals surface area contributed by atoms with Crippen molar-refractivity contribution < 1.29 is 5.11 Å². The van der Waals surface area contributed by atoms with Gasteiger partial charge in [-0.3, -0.25) is 9.58 Å². The molecule has 1 aromatic rings. The van der Waals surface area contributed by atoms with Crippen LogP contribution in [0.4, 0.5) is 0 Å². The summed E-state index contributed by atoms with van der Waals surface area (Å²) in [6.07, 6.45) is 6.90. The van der Waals surface area contributed by atoms with E-state index >= 15 is 0 Å². The summed E-state index contributed by atoms with van der Waals surface area (Å²) in [6, 6.07) is 0.999. The highest BCUT2D eigenvalue weighted by Crippen LogP contribution is 2.26. The van der Waals surface area contributed by atoms with Gasteiger partial charge in [0.15, 0.2) is 0 Å². The molecule has 1 aliphatic carbocycles. The second-order valence-electron chi connectivity index (χ2n) is 7.38. The maximum atomic E-state index is 10.2. The molecule has 0 spiro atoms. The van der Waals surface area contributed by atoms with Gasteiger partial charge in [0.1, 0.15) is 0 Å². The predicted molar refractivity (Wildman–Crippen MR) is 92.4 cm³/mol. The molecule has 5 heteroatoms. The normalized spacial score (nSPS) is 27.5. The number of aryl methyl sites for hydroxylation is 2. The third kappa shape index (κ3) is 3.78. The van der Waals surface area contributed by atoms with E-state index in [9.17, 15) is 5.11 Å². The van der Waals surface area contributed by atoms with E-state index in [1.807, 2.05) is 11.7 Å². The third-order valence-electron chi connectivity index (χ3n) is 5.92. The van der Waals surface area contributed by atoms with Gasteiger partial charge in [-0.1, -0.05) is 12.8 Å². The average Bonchev–Trinajstić information content (AvgIpc) is 2.79. The van der Waals surface area contributed by atoms with E-state index in [2.05, 4.69) is 29.2 Å². The van der Waals surface area contributed by atoms with Gasteiger partial charge in [-0.15, -0.1) is 0 Å². The lowest BCUT2D eigenvalue weighted by molar-refractivity contribution is 0.00713. The summed E-state index contributed by atoms with van der Waals surface area (Å²) in [5.74, 6) is 0. The molecule has 23 heavy (non-hydrogen) atoms. The molecule has 0 radical (unpaired) electrons. The standard InChI is InChI=1S/C18H32N4O/c1-13-16(14(2)21(3)20-13)12-19-15-8-10-22(11-9-15)17-6-4-5-7-18(17)23/h15,17-19,23H,4-12H2,1-3H3. The van der Waals surface area contributed by atoms with Crippen LogP contribution in [0.1, 0.15) is 55.5 Å². The smallest absolute Gasteiger partial charge is 0.0695 e. The average molecular weight is 320 g/mol. The van der Waals surface area contributed by atoms with Crippen molar-refractivity contribution in [2.45, 2.75) is 77.1 Å². The molecule has 2 fully saturated rings. The van der Waals surface area contributed by atoms with Crippen LogP contribution in [0.5, 0.6) is 0 Å². The molecule has 2 atom stereocenters. The summed E-state index contributed by atoms with van der Waals surface area (Å²) < 4.78 is 1.97. The Labute approximate surface area is 140 Å². The second kappa shape index (κ2) is 7.32. The first-order valence-corrected chi connectivity index (χ1v) is 9.21. The van der Waals surface area contributed by atoms with Crippen LogP contribution in [0.25, 0.3) is 0 Å². The molecule has 1 saturated carbocycles. The molecule has 3 rings (SSSR count). The molecular formula is C18H32N4O. The number of hydrogen-bond donors (Lipinski definition) is 2. The van der Waals surface area contributed by atoms with Crippen molar-refractivity contribution in [1.82, 2.24) is 20.0 Å². The topological polar surface area (TPSA) is 53.3 Å². The van der Waals surface area contributed by atoms with Crippen LogP contribution < -0.4 is 5.32 Å². The highest BCUT2D eigenvalue weighted by molar-refractivity contribution is 5.24. The Hall–Kier alpha value is -0.910. The first-order valence-electron chi connectivity index (χ1n) is 9.21. The Bertz CT molecular complexity index is 519. The number of aliphatic hydroxyl groups excluding tert-OH is 1. The van der Waals surface area contributed by atoms with Crippen LogP contribution in [-0.4, -0.2) is 51.1 Å². The van der Waals surface area contributed by atoms with Crippen LogP contribution in [-0.2, 0) is 13.6 Å². The van der Waals surface area contributed by atoms with E-state index in [1.54, 1.807) is 0 Å². The minimum absolute atomic E-state index is 0.103. The van der Waals surface area contributed by atoms with E-state index in [0.717, 1.165) is 31.7 Å². The molecule has 2 aliphatic rings. The summed E-state index contributed by atoms with van der Waals surface area (Å²) in [5, 5.41) is 18.5. The maximum absolute atomic E-state index is 10.2. The van der Waals surface area contributed by atoms with Crippen LogP contribution in [0.2, 0.25) is 0 Å². The van der Waals surface area contributed by atoms with E-state index in [0.29, 0.717) is 12.1 Å². The summed E-state index contributed by atoms with van der Waals surface area (Å²) in [4.78, 5) is 2.53. The number of nitrogens with one attached hydrogen (secondary N) is 1. The quantitative estimate of drug-likeness (QED) is 0.890. The fourth-order valence-electron chi connectivity index (χ4n) is 4.27. The number of likely N-dealkylation sites (tertiary alicyclic amines) is 1.